The van der Waals surface area contributed by atoms with Gasteiger partial charge in [0.05, 0.1) is 60.0 Å². The fourth-order valence-corrected chi connectivity index (χ4v) is 12.1. The van der Waals surface area contributed by atoms with Crippen LogP contribution in [-0.2, 0) is 33.2 Å². The normalized spacial score (nSPS) is 38.0. The van der Waals surface area contributed by atoms with Gasteiger partial charge in [-0.1, -0.05) is 40.0 Å². The van der Waals surface area contributed by atoms with Crippen molar-refractivity contribution in [1.82, 2.24) is 0 Å². The van der Waals surface area contributed by atoms with Gasteiger partial charge in [0.2, 0.25) is 0 Å². The van der Waals surface area contributed by atoms with Crippen LogP contribution in [-0.4, -0.2) is 78.7 Å². The molecule has 5 unspecified atom stereocenters. The Bertz CT molecular complexity index is 1150. The number of hydrogen-bond acceptors (Lipinski definition) is 7. The third-order valence-corrected chi connectivity index (χ3v) is 14.3. The van der Waals surface area contributed by atoms with Gasteiger partial charge in [0.25, 0.3) is 0 Å². The van der Waals surface area contributed by atoms with Crippen molar-refractivity contribution in [3.05, 3.63) is 11.3 Å². The maximum atomic E-state index is 12.7. The summed E-state index contributed by atoms with van der Waals surface area (Å²) >= 11 is 0. The molecule has 4 bridgehead atoms. The van der Waals surface area contributed by atoms with Gasteiger partial charge in [-0.05, 0) is 141 Å². The van der Waals surface area contributed by atoms with Crippen LogP contribution in [0.4, 0.5) is 0 Å². The van der Waals surface area contributed by atoms with Crippen molar-refractivity contribution in [3.8, 4) is 0 Å². The number of rotatable bonds is 26. The zero-order valence-corrected chi connectivity index (χ0v) is 33.6. The Kier molecular flexibility index (Phi) is 13.5. The van der Waals surface area contributed by atoms with Crippen molar-refractivity contribution in [2.75, 3.05) is 39.6 Å². The van der Waals surface area contributed by atoms with Crippen LogP contribution >= 0.6 is 0 Å². The van der Waals surface area contributed by atoms with Gasteiger partial charge in [-0.3, -0.25) is 0 Å². The molecule has 0 aromatic rings. The molecule has 7 aliphatic rings. The van der Waals surface area contributed by atoms with Gasteiger partial charge in [-0.2, -0.15) is 0 Å². The minimum atomic E-state index is -0.876. The lowest BCUT2D eigenvalue weighted by Crippen LogP contribution is -2.65. The van der Waals surface area contributed by atoms with Crippen molar-refractivity contribution < 1.29 is 38.3 Å². The van der Waals surface area contributed by atoms with Gasteiger partial charge in [-0.25, -0.2) is 4.79 Å². The second kappa shape index (κ2) is 17.3. The molecule has 7 fully saturated rings. The minimum Gasteiger partial charge on any atom is -0.497 e. The standard InChI is InChI=1S/C44H74O8/c1-5-14-40(20-26-50-40)17-8-11-23-47-37(35(4)38(45)46)39-29-36-30-43(32-39,48-24-12-9-18-41(15-6-2)21-27-51-41)34-44(31-36,33-39)49-25-13-10-19-42(16-7-3)22-28-52-42/h36H,5-34H2,1-4H3,(H,45,46). The van der Waals surface area contributed by atoms with Gasteiger partial charge in [0.15, 0.2) is 0 Å². The number of unbranched alkanes of at least 4 members (excludes halogenated alkanes) is 3. The van der Waals surface area contributed by atoms with E-state index in [4.69, 9.17) is 28.4 Å². The van der Waals surface area contributed by atoms with Crippen LogP contribution in [0.2, 0.25) is 0 Å². The first-order valence-electron chi connectivity index (χ1n) is 21.8. The first-order chi connectivity index (χ1) is 25.1. The number of carboxylic acid groups (broad SMARTS) is 1. The van der Waals surface area contributed by atoms with Crippen LogP contribution in [0.25, 0.3) is 0 Å². The van der Waals surface area contributed by atoms with Crippen LogP contribution in [0, 0.1) is 11.3 Å². The van der Waals surface area contributed by atoms with Crippen LogP contribution in [0.3, 0.4) is 0 Å². The smallest absolute Gasteiger partial charge is 0.334 e. The lowest BCUT2D eigenvalue weighted by Gasteiger charge is -2.66. The summed E-state index contributed by atoms with van der Waals surface area (Å²) in [5.74, 6) is 0.271. The van der Waals surface area contributed by atoms with Crippen LogP contribution in [0.5, 0.6) is 0 Å². The van der Waals surface area contributed by atoms with E-state index in [-0.39, 0.29) is 33.4 Å². The summed E-state index contributed by atoms with van der Waals surface area (Å²) in [5, 5.41) is 10.4. The Morgan fingerprint density at radius 1 is 0.615 bits per heavy atom. The molecule has 5 atom stereocenters. The zero-order chi connectivity index (χ0) is 36.8. The van der Waals surface area contributed by atoms with Crippen molar-refractivity contribution in [1.29, 1.82) is 0 Å². The van der Waals surface area contributed by atoms with Gasteiger partial charge < -0.3 is 33.5 Å². The molecule has 7 rings (SSSR count). The molecule has 0 amide bonds. The summed E-state index contributed by atoms with van der Waals surface area (Å²) in [4.78, 5) is 12.7. The van der Waals surface area contributed by atoms with Crippen molar-refractivity contribution >= 4 is 5.97 Å². The number of carbonyl (C=O) groups is 1. The largest absolute Gasteiger partial charge is 0.497 e. The summed E-state index contributed by atoms with van der Waals surface area (Å²) in [6, 6.07) is 0. The summed E-state index contributed by atoms with van der Waals surface area (Å²) < 4.78 is 39.1. The van der Waals surface area contributed by atoms with E-state index >= 15 is 0 Å². The molecule has 1 N–H and O–H groups in total. The van der Waals surface area contributed by atoms with Crippen molar-refractivity contribution in [3.63, 3.8) is 0 Å². The first-order valence-corrected chi connectivity index (χ1v) is 21.8. The number of ether oxygens (including phenoxy) is 6. The fourth-order valence-electron chi connectivity index (χ4n) is 12.1. The molecule has 3 saturated heterocycles. The van der Waals surface area contributed by atoms with Gasteiger partial charge >= 0.3 is 5.97 Å². The lowest BCUT2D eigenvalue weighted by atomic mass is 9.45. The summed E-state index contributed by atoms with van der Waals surface area (Å²) in [5.41, 5.74) is -0.365. The molecule has 8 nitrogen and oxygen atoms in total. The van der Waals surface area contributed by atoms with Crippen LogP contribution < -0.4 is 0 Å². The number of allylic oxidation sites excluding steroid dienone is 1. The van der Waals surface area contributed by atoms with E-state index < -0.39 is 5.97 Å². The second-order valence-corrected chi connectivity index (χ2v) is 18.4. The van der Waals surface area contributed by atoms with E-state index in [1.807, 2.05) is 0 Å². The number of aliphatic carboxylic acids is 1. The molecule has 298 valence electrons. The van der Waals surface area contributed by atoms with Gasteiger partial charge in [0.1, 0.15) is 5.76 Å². The molecule has 3 aliphatic heterocycles. The second-order valence-electron chi connectivity index (χ2n) is 18.4. The highest BCUT2D eigenvalue weighted by atomic mass is 16.5. The Morgan fingerprint density at radius 3 is 1.40 bits per heavy atom. The summed E-state index contributed by atoms with van der Waals surface area (Å²) in [6.07, 6.45) is 25.5. The molecule has 4 saturated carbocycles. The fraction of sp³-hybridized carbons (Fsp3) is 0.932. The molecule has 0 aromatic carbocycles. The molecule has 0 radical (unpaired) electrons. The Hall–Kier alpha value is -1.19. The highest BCUT2D eigenvalue weighted by molar-refractivity contribution is 5.86. The predicted octanol–water partition coefficient (Wildman–Crippen LogP) is 10.2. The van der Waals surface area contributed by atoms with E-state index in [1.54, 1.807) is 6.92 Å². The Balaban J connectivity index is 1.13. The lowest BCUT2D eigenvalue weighted by molar-refractivity contribution is -0.261. The molecular formula is C44H74O8. The molecule has 0 aromatic heterocycles. The Morgan fingerprint density at radius 2 is 1.04 bits per heavy atom. The molecule has 8 heteroatoms. The average molecular weight is 731 g/mol. The quantitative estimate of drug-likeness (QED) is 0.0534. The zero-order valence-electron chi connectivity index (χ0n) is 33.6. The Labute approximate surface area is 315 Å². The molecule has 52 heavy (non-hydrogen) atoms. The van der Waals surface area contributed by atoms with E-state index in [0.717, 1.165) is 161 Å². The molecule has 0 spiro atoms. The van der Waals surface area contributed by atoms with E-state index in [9.17, 15) is 9.90 Å². The first kappa shape index (κ1) is 40.5. The van der Waals surface area contributed by atoms with Crippen molar-refractivity contribution in [2.24, 2.45) is 11.3 Å². The van der Waals surface area contributed by atoms with E-state index in [2.05, 4.69) is 20.8 Å². The summed E-state index contributed by atoms with van der Waals surface area (Å²) in [6.45, 7) is 13.2. The third kappa shape index (κ3) is 9.09. The van der Waals surface area contributed by atoms with Gasteiger partial charge in [0, 0.05) is 25.0 Å². The maximum absolute atomic E-state index is 12.7. The predicted molar refractivity (Wildman–Crippen MR) is 203 cm³/mol. The summed E-state index contributed by atoms with van der Waals surface area (Å²) in [7, 11) is 0. The third-order valence-electron chi connectivity index (χ3n) is 14.3. The molecule has 3 heterocycles. The van der Waals surface area contributed by atoms with Gasteiger partial charge in [-0.15, -0.1) is 0 Å². The highest BCUT2D eigenvalue weighted by Gasteiger charge is 2.66. The number of carboxylic acids is 1. The SMILES string of the molecule is CCCC1(CCCCOC(=C(C)C(=O)O)C23CC4CC(OCCCCC5(CCC)CCO5)(CC(OCCCCC5(CCC)CCO5)(C4)C2)C3)CCO1. The highest BCUT2D eigenvalue weighted by Crippen LogP contribution is 2.68. The van der Waals surface area contributed by atoms with E-state index in [0.29, 0.717) is 23.9 Å². The van der Waals surface area contributed by atoms with Crippen LogP contribution in [0.1, 0.15) is 182 Å². The van der Waals surface area contributed by atoms with Crippen LogP contribution in [0.15, 0.2) is 11.3 Å². The minimum absolute atomic E-state index is 0.0563. The van der Waals surface area contributed by atoms with E-state index in [1.165, 1.54) is 25.7 Å². The maximum Gasteiger partial charge on any atom is 0.334 e. The molecule has 4 aliphatic carbocycles. The topological polar surface area (TPSA) is 92.7 Å². The average Bonchev–Trinajstić information content (AvgIpc) is 3.04. The van der Waals surface area contributed by atoms with Crippen molar-refractivity contribution in [2.45, 2.75) is 210 Å². The number of hydrogen-bond donors (Lipinski definition) is 1. The molecular weight excluding hydrogens is 656 g/mol. The monoisotopic (exact) mass is 731 g/mol.